The molecule has 8 heteroatoms. The molecular weight excluding hydrogens is 669 g/mol. The van der Waals surface area contributed by atoms with Crippen molar-refractivity contribution in [2.24, 2.45) is 0 Å². The van der Waals surface area contributed by atoms with E-state index in [2.05, 4.69) is 158 Å². The van der Waals surface area contributed by atoms with Gasteiger partial charge in [-0.05, 0) is 147 Å². The lowest BCUT2D eigenvalue weighted by Crippen LogP contribution is -2.43. The van der Waals surface area contributed by atoms with Gasteiger partial charge in [0.1, 0.15) is 23.9 Å². The first-order valence-electron chi connectivity index (χ1n) is 18.5. The van der Waals surface area contributed by atoms with Crippen LogP contribution in [0.2, 0.25) is 36.3 Å². The third-order valence-corrected chi connectivity index (χ3v) is 21.2. The molecule has 1 aliphatic heterocycles. The molecule has 1 aromatic heterocycles. The summed E-state index contributed by atoms with van der Waals surface area (Å²) in [7, 11) is 0.437. The Morgan fingerprint density at radius 3 is 1.82 bits per heavy atom. The van der Waals surface area contributed by atoms with Gasteiger partial charge in [0, 0.05) is 21.7 Å². The summed E-state index contributed by atoms with van der Waals surface area (Å²) in [6, 6.07) is 24.4. The zero-order chi connectivity index (χ0) is 36.5. The lowest BCUT2D eigenvalue weighted by molar-refractivity contribution is 0.183. The normalized spacial score (nSPS) is 15.8. The first-order valence-corrected chi connectivity index (χ1v) is 25.2. The number of fused-ring (bicyclic) bond motifs is 1. The highest BCUT2D eigenvalue weighted by molar-refractivity contribution is 7.22. The van der Waals surface area contributed by atoms with Gasteiger partial charge in [0.2, 0.25) is 16.6 Å². The standard InChI is InChI=1S/C42H62N2O3SSi2/c1-41(2,3)49(9,10)46-34-22-18-32(19-23-34)40-38(36-25-24-35(30-37(36)48-40)47-50(11,12)42(4,5)6)39(43(7)8)31-16-20-33(21-17-31)45-29-28-44-26-14-13-15-27-44/h16-25,30,39H,13-15,26-29H2,1-12H3. The van der Waals surface area contributed by atoms with E-state index in [1.54, 1.807) is 0 Å². The Hall–Kier alpha value is -2.63. The number of benzene rings is 3. The third-order valence-electron chi connectivity index (χ3n) is 11.3. The lowest BCUT2D eigenvalue weighted by Gasteiger charge is -2.36. The van der Waals surface area contributed by atoms with Gasteiger partial charge in [-0.1, -0.05) is 60.1 Å². The molecule has 1 fully saturated rings. The van der Waals surface area contributed by atoms with Gasteiger partial charge < -0.3 is 13.6 Å². The second kappa shape index (κ2) is 15.2. The highest BCUT2D eigenvalue weighted by Gasteiger charge is 2.40. The molecule has 0 aliphatic carbocycles. The van der Waals surface area contributed by atoms with Crippen molar-refractivity contribution in [2.45, 2.75) is 103 Å². The number of ether oxygens (including phenoxy) is 1. The highest BCUT2D eigenvalue weighted by Crippen LogP contribution is 2.48. The van der Waals surface area contributed by atoms with E-state index in [4.69, 9.17) is 13.6 Å². The van der Waals surface area contributed by atoms with Gasteiger partial charge >= 0.3 is 0 Å². The maximum absolute atomic E-state index is 6.80. The van der Waals surface area contributed by atoms with Gasteiger partial charge in [-0.25, -0.2) is 0 Å². The zero-order valence-corrected chi connectivity index (χ0v) is 35.7. The van der Waals surface area contributed by atoms with Crippen molar-refractivity contribution >= 4 is 38.1 Å². The topological polar surface area (TPSA) is 34.2 Å². The summed E-state index contributed by atoms with van der Waals surface area (Å²) in [5.74, 6) is 2.85. The molecule has 0 amide bonds. The van der Waals surface area contributed by atoms with Gasteiger partial charge in [0.25, 0.3) is 0 Å². The summed E-state index contributed by atoms with van der Waals surface area (Å²) in [5, 5.41) is 1.54. The Morgan fingerprint density at radius 2 is 1.26 bits per heavy atom. The van der Waals surface area contributed by atoms with E-state index in [9.17, 15) is 0 Å². The van der Waals surface area contributed by atoms with Crippen LogP contribution in [-0.2, 0) is 0 Å². The van der Waals surface area contributed by atoms with E-state index < -0.39 is 16.6 Å². The van der Waals surface area contributed by atoms with Crippen LogP contribution in [0.5, 0.6) is 17.2 Å². The van der Waals surface area contributed by atoms with Gasteiger partial charge in [-0.3, -0.25) is 9.80 Å². The molecule has 5 rings (SSSR count). The number of hydrogen-bond donors (Lipinski definition) is 0. The average molecular weight is 731 g/mol. The summed E-state index contributed by atoms with van der Waals surface area (Å²) in [6.45, 7) is 27.1. The number of piperidine rings is 1. The molecule has 50 heavy (non-hydrogen) atoms. The molecule has 3 aromatic carbocycles. The van der Waals surface area contributed by atoms with Gasteiger partial charge in [-0.2, -0.15) is 0 Å². The number of likely N-dealkylation sites (tertiary alicyclic amines) is 1. The van der Waals surface area contributed by atoms with Crippen LogP contribution in [0.25, 0.3) is 20.5 Å². The first kappa shape index (κ1) is 38.6. The van der Waals surface area contributed by atoms with E-state index in [-0.39, 0.29) is 16.1 Å². The molecular formula is C42H62N2O3SSi2. The molecule has 1 atom stereocenters. The Balaban J connectivity index is 1.51. The zero-order valence-electron chi connectivity index (χ0n) is 32.9. The molecule has 0 N–H and O–H groups in total. The number of thiophene rings is 1. The van der Waals surface area contributed by atoms with E-state index in [0.29, 0.717) is 0 Å². The van der Waals surface area contributed by atoms with Crippen molar-refractivity contribution in [1.82, 2.24) is 9.80 Å². The minimum absolute atomic E-state index is 0.0523. The van der Waals surface area contributed by atoms with Gasteiger partial charge in [0.15, 0.2) is 0 Å². The van der Waals surface area contributed by atoms with E-state index in [1.807, 2.05) is 11.3 Å². The monoisotopic (exact) mass is 730 g/mol. The number of rotatable bonds is 12. The molecule has 0 bridgehead atoms. The van der Waals surface area contributed by atoms with Crippen molar-refractivity contribution in [3.8, 4) is 27.7 Å². The summed E-state index contributed by atoms with van der Waals surface area (Å²) in [4.78, 5) is 6.15. The Morgan fingerprint density at radius 1 is 0.720 bits per heavy atom. The van der Waals surface area contributed by atoms with E-state index in [0.717, 1.165) is 30.4 Å². The van der Waals surface area contributed by atoms with Crippen molar-refractivity contribution in [3.63, 3.8) is 0 Å². The summed E-state index contributed by atoms with van der Waals surface area (Å²) in [6.07, 6.45) is 3.97. The van der Waals surface area contributed by atoms with Crippen molar-refractivity contribution in [2.75, 3.05) is 40.3 Å². The molecule has 0 spiro atoms. The number of nitrogens with zero attached hydrogens (tertiary/aromatic N) is 2. The molecule has 5 nitrogen and oxygen atoms in total. The molecule has 0 radical (unpaired) electrons. The third kappa shape index (κ3) is 8.87. The summed E-state index contributed by atoms with van der Waals surface area (Å²) in [5.41, 5.74) is 3.78. The number of hydrogen-bond acceptors (Lipinski definition) is 6. The van der Waals surface area contributed by atoms with Crippen LogP contribution in [0.1, 0.15) is 78.0 Å². The Bertz CT molecular complexity index is 1710. The van der Waals surface area contributed by atoms with Crippen molar-refractivity contribution < 1.29 is 13.6 Å². The Kier molecular flexibility index (Phi) is 11.7. The molecule has 1 saturated heterocycles. The quantitative estimate of drug-likeness (QED) is 0.136. The van der Waals surface area contributed by atoms with Crippen LogP contribution < -0.4 is 13.6 Å². The van der Waals surface area contributed by atoms with E-state index in [1.165, 1.54) is 64.0 Å². The van der Waals surface area contributed by atoms with Crippen LogP contribution in [0.15, 0.2) is 66.7 Å². The Labute approximate surface area is 309 Å². The SMILES string of the molecule is CN(C)C(c1ccc(OCCN2CCCCC2)cc1)c1c(-c2ccc(O[Si](C)(C)C(C)(C)C)cc2)sc2cc(O[Si](C)(C)C(C)(C)C)ccc12. The molecule has 2 heterocycles. The maximum Gasteiger partial charge on any atom is 0.250 e. The van der Waals surface area contributed by atoms with Crippen LogP contribution in [0.4, 0.5) is 0 Å². The molecule has 0 saturated carbocycles. The summed E-state index contributed by atoms with van der Waals surface area (Å²) >= 11 is 1.86. The second-order valence-corrected chi connectivity index (χ2v) is 27.9. The van der Waals surface area contributed by atoms with Gasteiger partial charge in [0.05, 0.1) is 6.04 Å². The average Bonchev–Trinajstić information content (AvgIpc) is 3.39. The minimum atomic E-state index is -1.99. The molecule has 1 aliphatic rings. The smallest absolute Gasteiger partial charge is 0.250 e. The maximum atomic E-state index is 6.80. The van der Waals surface area contributed by atoms with Gasteiger partial charge in [-0.15, -0.1) is 11.3 Å². The molecule has 1 unspecified atom stereocenters. The van der Waals surface area contributed by atoms with Crippen LogP contribution >= 0.6 is 11.3 Å². The predicted octanol–water partition coefficient (Wildman–Crippen LogP) is 11.9. The molecule has 272 valence electrons. The second-order valence-electron chi connectivity index (χ2n) is 17.4. The minimum Gasteiger partial charge on any atom is -0.544 e. The molecule has 4 aromatic rings. The largest absolute Gasteiger partial charge is 0.544 e. The fourth-order valence-electron chi connectivity index (χ4n) is 6.16. The first-order chi connectivity index (χ1) is 23.4. The highest BCUT2D eigenvalue weighted by atomic mass is 32.1. The van der Waals surface area contributed by atoms with Crippen molar-refractivity contribution in [1.29, 1.82) is 0 Å². The summed E-state index contributed by atoms with van der Waals surface area (Å²) < 4.78 is 20.9. The lowest BCUT2D eigenvalue weighted by atomic mass is 9.93. The fourth-order valence-corrected chi connectivity index (χ4v) is 9.48. The van der Waals surface area contributed by atoms with Crippen LogP contribution in [0, 0.1) is 0 Å². The fraction of sp³-hybridized carbons (Fsp3) is 0.524. The predicted molar refractivity (Wildman–Crippen MR) is 221 cm³/mol. The van der Waals surface area contributed by atoms with Crippen LogP contribution in [-0.4, -0.2) is 66.8 Å². The van der Waals surface area contributed by atoms with Crippen molar-refractivity contribution in [3.05, 3.63) is 77.9 Å². The van der Waals surface area contributed by atoms with Crippen LogP contribution in [0.3, 0.4) is 0 Å². The van der Waals surface area contributed by atoms with E-state index >= 15 is 0 Å².